The lowest BCUT2D eigenvalue weighted by Crippen LogP contribution is -2.39. The summed E-state index contributed by atoms with van der Waals surface area (Å²) in [6, 6.07) is 14.4. The molecule has 1 aliphatic rings. The van der Waals surface area contributed by atoms with Gasteiger partial charge in [0, 0.05) is 12.6 Å². The van der Waals surface area contributed by atoms with Crippen molar-refractivity contribution in [1.29, 1.82) is 0 Å². The quantitative estimate of drug-likeness (QED) is 0.894. The highest BCUT2D eigenvalue weighted by molar-refractivity contribution is 7.90. The molecule has 136 valence electrons. The molecule has 1 amide bonds. The van der Waals surface area contributed by atoms with Crippen LogP contribution in [0.25, 0.3) is 0 Å². The van der Waals surface area contributed by atoms with Gasteiger partial charge in [-0.1, -0.05) is 42.0 Å². The lowest BCUT2D eigenvalue weighted by Gasteiger charge is -2.21. The van der Waals surface area contributed by atoms with Crippen molar-refractivity contribution in [2.24, 2.45) is 4.40 Å². The minimum atomic E-state index is -3.69. The Balaban J connectivity index is 1.69. The smallest absolute Gasteiger partial charge is 0.285 e. The number of amidine groups is 1. The summed E-state index contributed by atoms with van der Waals surface area (Å²) < 4.78 is 28.1. The van der Waals surface area contributed by atoms with Gasteiger partial charge in [-0.15, -0.1) is 4.40 Å². The molecule has 0 bridgehead atoms. The largest absolute Gasteiger partial charge is 0.349 e. The fourth-order valence-corrected chi connectivity index (χ4v) is 4.13. The summed E-state index contributed by atoms with van der Waals surface area (Å²) in [6.45, 7) is 3.94. The molecule has 0 fully saturated rings. The molecule has 0 saturated carbocycles. The van der Waals surface area contributed by atoms with E-state index in [1.165, 1.54) is 6.07 Å². The number of hydrogen-bond acceptors (Lipinski definition) is 4. The number of likely N-dealkylation sites (N-methyl/N-ethyl adjacent to an activating group) is 1. The third kappa shape index (κ3) is 3.62. The van der Waals surface area contributed by atoms with Crippen LogP contribution in [0.15, 0.2) is 57.8 Å². The second kappa shape index (κ2) is 6.92. The van der Waals surface area contributed by atoms with Gasteiger partial charge in [-0.3, -0.25) is 4.79 Å². The van der Waals surface area contributed by atoms with Crippen LogP contribution in [-0.4, -0.2) is 38.7 Å². The Kier molecular flexibility index (Phi) is 4.82. The highest BCUT2D eigenvalue weighted by Gasteiger charge is 2.31. The highest BCUT2D eigenvalue weighted by atomic mass is 32.2. The molecule has 0 aliphatic carbocycles. The molecule has 2 aromatic carbocycles. The Bertz CT molecular complexity index is 966. The van der Waals surface area contributed by atoms with E-state index in [1.807, 2.05) is 38.1 Å². The number of benzene rings is 2. The summed E-state index contributed by atoms with van der Waals surface area (Å²) in [7, 11) is -2.03. The summed E-state index contributed by atoms with van der Waals surface area (Å²) >= 11 is 0. The topological polar surface area (TPSA) is 78.8 Å². The Labute approximate surface area is 153 Å². The molecule has 26 heavy (non-hydrogen) atoms. The Morgan fingerprint density at radius 2 is 1.81 bits per heavy atom. The molecule has 0 aromatic heterocycles. The SMILES string of the molecule is Cc1ccc(C(C)NC(=O)CN(C)C2=NS(=O)(=O)c3ccccc32)cc1. The first-order valence-corrected chi connectivity index (χ1v) is 9.73. The van der Waals surface area contributed by atoms with Crippen LogP contribution >= 0.6 is 0 Å². The van der Waals surface area contributed by atoms with E-state index in [4.69, 9.17) is 0 Å². The minimum Gasteiger partial charge on any atom is -0.349 e. The zero-order chi connectivity index (χ0) is 18.9. The van der Waals surface area contributed by atoms with Crippen molar-refractivity contribution in [3.63, 3.8) is 0 Å². The van der Waals surface area contributed by atoms with Gasteiger partial charge in [0.05, 0.1) is 12.6 Å². The normalized spacial score (nSPS) is 15.7. The molecule has 2 aromatic rings. The molecule has 3 rings (SSSR count). The van der Waals surface area contributed by atoms with Gasteiger partial charge < -0.3 is 10.2 Å². The number of carbonyl (C=O) groups is 1. The van der Waals surface area contributed by atoms with E-state index in [9.17, 15) is 13.2 Å². The number of amides is 1. The van der Waals surface area contributed by atoms with Crippen LogP contribution in [0.5, 0.6) is 0 Å². The highest BCUT2D eigenvalue weighted by Crippen LogP contribution is 2.26. The lowest BCUT2D eigenvalue weighted by atomic mass is 10.1. The average molecular weight is 371 g/mol. The Morgan fingerprint density at radius 3 is 2.50 bits per heavy atom. The first-order chi connectivity index (χ1) is 12.3. The van der Waals surface area contributed by atoms with Gasteiger partial charge in [-0.25, -0.2) is 0 Å². The molecule has 0 radical (unpaired) electrons. The number of hydrogen-bond donors (Lipinski definition) is 1. The molecule has 1 unspecified atom stereocenters. The van der Waals surface area contributed by atoms with Crippen LogP contribution in [0, 0.1) is 6.92 Å². The fourth-order valence-electron chi connectivity index (χ4n) is 2.88. The number of nitrogens with zero attached hydrogens (tertiary/aromatic N) is 2. The molecule has 0 saturated heterocycles. The van der Waals surface area contributed by atoms with Crippen molar-refractivity contribution in [3.05, 3.63) is 65.2 Å². The second-order valence-electron chi connectivity index (χ2n) is 6.44. The standard InChI is InChI=1S/C19H21N3O3S/c1-13-8-10-15(11-9-13)14(2)20-18(23)12-22(3)19-16-6-4-5-7-17(16)26(24,25)21-19/h4-11,14H,12H2,1-3H3,(H,20,23). The van der Waals surface area contributed by atoms with Crippen molar-refractivity contribution in [2.75, 3.05) is 13.6 Å². The van der Waals surface area contributed by atoms with E-state index in [1.54, 1.807) is 30.1 Å². The van der Waals surface area contributed by atoms with Gasteiger partial charge in [-0.05, 0) is 31.5 Å². The van der Waals surface area contributed by atoms with Crippen molar-refractivity contribution in [1.82, 2.24) is 10.2 Å². The average Bonchev–Trinajstić information content (AvgIpc) is 2.87. The summed E-state index contributed by atoms with van der Waals surface area (Å²) in [5.41, 5.74) is 2.69. The van der Waals surface area contributed by atoms with Gasteiger partial charge in [0.15, 0.2) is 5.84 Å². The van der Waals surface area contributed by atoms with Gasteiger partial charge in [0.2, 0.25) is 5.91 Å². The molecule has 0 spiro atoms. The molecular weight excluding hydrogens is 350 g/mol. The fraction of sp³-hybridized carbons (Fsp3) is 0.263. The number of carbonyl (C=O) groups excluding carboxylic acids is 1. The van der Waals surface area contributed by atoms with Crippen LogP contribution < -0.4 is 5.32 Å². The van der Waals surface area contributed by atoms with Gasteiger partial charge in [0.1, 0.15) is 4.90 Å². The van der Waals surface area contributed by atoms with Crippen LogP contribution in [0.1, 0.15) is 29.7 Å². The van der Waals surface area contributed by atoms with E-state index in [2.05, 4.69) is 9.71 Å². The molecule has 1 aliphatic heterocycles. The summed E-state index contributed by atoms with van der Waals surface area (Å²) in [6.07, 6.45) is 0. The molecule has 1 atom stereocenters. The zero-order valence-electron chi connectivity index (χ0n) is 14.9. The van der Waals surface area contributed by atoms with E-state index < -0.39 is 10.0 Å². The third-order valence-corrected chi connectivity index (χ3v) is 5.63. The molecule has 7 heteroatoms. The predicted molar refractivity (Wildman–Crippen MR) is 101 cm³/mol. The maximum absolute atomic E-state index is 12.4. The lowest BCUT2D eigenvalue weighted by molar-refractivity contribution is -0.121. The summed E-state index contributed by atoms with van der Waals surface area (Å²) in [5, 5.41) is 2.93. The van der Waals surface area contributed by atoms with E-state index in [-0.39, 0.29) is 23.4 Å². The van der Waals surface area contributed by atoms with Crippen LogP contribution in [0.3, 0.4) is 0 Å². The monoisotopic (exact) mass is 371 g/mol. The number of aryl methyl sites for hydroxylation is 1. The van der Waals surface area contributed by atoms with Crippen LogP contribution in [0.4, 0.5) is 0 Å². The van der Waals surface area contributed by atoms with Crippen LogP contribution in [0.2, 0.25) is 0 Å². The number of sulfonamides is 1. The molecule has 1 heterocycles. The maximum Gasteiger partial charge on any atom is 0.285 e. The van der Waals surface area contributed by atoms with E-state index >= 15 is 0 Å². The van der Waals surface area contributed by atoms with Crippen LogP contribution in [-0.2, 0) is 14.8 Å². The molecule has 1 N–H and O–H groups in total. The van der Waals surface area contributed by atoms with E-state index in [0.717, 1.165) is 11.1 Å². The molecule has 6 nitrogen and oxygen atoms in total. The Morgan fingerprint density at radius 1 is 1.15 bits per heavy atom. The first-order valence-electron chi connectivity index (χ1n) is 8.29. The van der Waals surface area contributed by atoms with E-state index in [0.29, 0.717) is 11.4 Å². The van der Waals surface area contributed by atoms with Crippen molar-refractivity contribution >= 4 is 21.8 Å². The number of fused-ring (bicyclic) bond motifs is 1. The number of rotatable bonds is 4. The number of nitrogens with one attached hydrogen (secondary N) is 1. The predicted octanol–water partition coefficient (Wildman–Crippen LogP) is 2.25. The second-order valence-corrected chi connectivity index (χ2v) is 8.01. The molecular formula is C19H21N3O3S. The maximum atomic E-state index is 12.4. The van der Waals surface area contributed by atoms with Gasteiger partial charge in [-0.2, -0.15) is 8.42 Å². The van der Waals surface area contributed by atoms with Gasteiger partial charge >= 0.3 is 0 Å². The minimum absolute atomic E-state index is 0.0128. The van der Waals surface area contributed by atoms with Crippen molar-refractivity contribution in [3.8, 4) is 0 Å². The summed E-state index contributed by atoms with van der Waals surface area (Å²) in [5.74, 6) is 0.0868. The van der Waals surface area contributed by atoms with Gasteiger partial charge in [0.25, 0.3) is 10.0 Å². The third-order valence-electron chi connectivity index (χ3n) is 4.31. The first kappa shape index (κ1) is 18.1. The zero-order valence-corrected chi connectivity index (χ0v) is 15.7. The van der Waals surface area contributed by atoms with Crippen molar-refractivity contribution in [2.45, 2.75) is 24.8 Å². The summed E-state index contributed by atoms with van der Waals surface area (Å²) in [4.78, 5) is 14.1. The van der Waals surface area contributed by atoms with Crippen molar-refractivity contribution < 1.29 is 13.2 Å². The Hall–Kier alpha value is -2.67.